The number of hydrogen-bond donors (Lipinski definition) is 0. The zero-order chi connectivity index (χ0) is 15.7. The summed E-state index contributed by atoms with van der Waals surface area (Å²) in [7, 11) is 2.25. The largest absolute Gasteiger partial charge is 0.371 e. The Morgan fingerprint density at radius 2 is 1.76 bits per heavy atom. The van der Waals surface area contributed by atoms with E-state index in [1.807, 2.05) is 0 Å². The van der Waals surface area contributed by atoms with E-state index in [4.69, 9.17) is 4.74 Å². The van der Waals surface area contributed by atoms with Gasteiger partial charge in [0.1, 0.15) is 0 Å². The summed E-state index contributed by atoms with van der Waals surface area (Å²) in [5.74, 6) is 0. The van der Waals surface area contributed by atoms with Crippen molar-refractivity contribution in [3.05, 3.63) is 0 Å². The zero-order valence-electron chi connectivity index (χ0n) is 15.3. The molecule has 0 saturated carbocycles. The topological polar surface area (TPSA) is 12.5 Å². The van der Waals surface area contributed by atoms with Crippen molar-refractivity contribution < 1.29 is 4.74 Å². The summed E-state index contributed by atoms with van der Waals surface area (Å²) in [6.45, 7) is 10.5. The molecule has 1 unspecified atom stereocenters. The number of unbranched alkanes of at least 4 members (excludes halogenated alkanes) is 4. The fourth-order valence-electron chi connectivity index (χ4n) is 3.78. The van der Waals surface area contributed by atoms with Gasteiger partial charge in [-0.15, -0.1) is 0 Å². The number of hydrogen-bond acceptors (Lipinski definition) is 2. The molecular formula is C19H39NO. The van der Waals surface area contributed by atoms with E-state index in [-0.39, 0.29) is 5.60 Å². The van der Waals surface area contributed by atoms with E-state index in [2.05, 4.69) is 39.6 Å². The van der Waals surface area contributed by atoms with E-state index in [9.17, 15) is 0 Å². The summed E-state index contributed by atoms with van der Waals surface area (Å²) in [5.41, 5.74) is 0.0899. The van der Waals surface area contributed by atoms with Gasteiger partial charge in [-0.25, -0.2) is 0 Å². The second-order valence-electron chi connectivity index (χ2n) is 7.38. The number of rotatable bonds is 11. The van der Waals surface area contributed by atoms with Crippen LogP contribution in [0.15, 0.2) is 0 Å². The molecule has 126 valence electrons. The van der Waals surface area contributed by atoms with Crippen molar-refractivity contribution in [1.82, 2.24) is 4.90 Å². The minimum atomic E-state index is 0.0899. The third-order valence-electron chi connectivity index (χ3n) is 5.21. The smallest absolute Gasteiger partial charge is 0.0709 e. The summed E-state index contributed by atoms with van der Waals surface area (Å²) < 4.78 is 6.63. The normalized spacial score (nSPS) is 24.1. The van der Waals surface area contributed by atoms with Crippen LogP contribution in [-0.4, -0.2) is 36.2 Å². The molecule has 0 aromatic rings. The Labute approximate surface area is 133 Å². The van der Waals surface area contributed by atoms with Crippen molar-refractivity contribution in [2.75, 3.05) is 13.6 Å². The van der Waals surface area contributed by atoms with Gasteiger partial charge in [0.15, 0.2) is 0 Å². The number of likely N-dealkylation sites (tertiary alicyclic amines) is 1. The first-order chi connectivity index (χ1) is 10.0. The van der Waals surface area contributed by atoms with Crippen molar-refractivity contribution in [3.8, 4) is 0 Å². The predicted octanol–water partition coefficient (Wildman–Crippen LogP) is 5.41. The average molecular weight is 298 g/mol. The highest BCUT2D eigenvalue weighted by molar-refractivity contribution is 4.85. The molecule has 0 radical (unpaired) electrons. The van der Waals surface area contributed by atoms with Crippen molar-refractivity contribution in [3.63, 3.8) is 0 Å². The van der Waals surface area contributed by atoms with E-state index in [1.54, 1.807) is 0 Å². The van der Waals surface area contributed by atoms with Crippen LogP contribution in [0.4, 0.5) is 0 Å². The Morgan fingerprint density at radius 3 is 2.33 bits per heavy atom. The summed E-state index contributed by atoms with van der Waals surface area (Å²) >= 11 is 0. The van der Waals surface area contributed by atoms with Gasteiger partial charge in [0, 0.05) is 6.04 Å². The highest BCUT2D eigenvalue weighted by Crippen LogP contribution is 2.30. The molecule has 21 heavy (non-hydrogen) atoms. The van der Waals surface area contributed by atoms with Crippen LogP contribution >= 0.6 is 0 Å². The molecule has 1 aliphatic heterocycles. The molecule has 0 N–H and O–H groups in total. The quantitative estimate of drug-likeness (QED) is 0.473. The maximum Gasteiger partial charge on any atom is 0.0709 e. The average Bonchev–Trinajstić information content (AvgIpc) is 2.88. The summed E-state index contributed by atoms with van der Waals surface area (Å²) in [6.07, 6.45) is 13.4. The van der Waals surface area contributed by atoms with Crippen molar-refractivity contribution >= 4 is 0 Å². The monoisotopic (exact) mass is 297 g/mol. The maximum atomic E-state index is 6.63. The molecule has 1 aliphatic rings. The first kappa shape index (κ1) is 19.0. The van der Waals surface area contributed by atoms with Gasteiger partial charge in [0.05, 0.1) is 11.7 Å². The molecule has 0 spiro atoms. The standard InChI is InChI=1S/C19H39NO/c1-6-8-10-11-15-19(4,14-9-7-2)21-17(3)18-13-12-16-20(18)5/h17-18H,6-16H2,1-5H3/t17-,18-,19?/m0/s1. The summed E-state index contributed by atoms with van der Waals surface area (Å²) in [5, 5.41) is 0. The zero-order valence-corrected chi connectivity index (χ0v) is 15.3. The number of likely N-dealkylation sites (N-methyl/N-ethyl adjacent to an activating group) is 1. The van der Waals surface area contributed by atoms with Crippen LogP contribution in [0.5, 0.6) is 0 Å². The predicted molar refractivity (Wildman–Crippen MR) is 92.9 cm³/mol. The van der Waals surface area contributed by atoms with E-state index >= 15 is 0 Å². The van der Waals surface area contributed by atoms with Crippen LogP contribution in [0.2, 0.25) is 0 Å². The van der Waals surface area contributed by atoms with Gasteiger partial charge >= 0.3 is 0 Å². The minimum Gasteiger partial charge on any atom is -0.371 e. The summed E-state index contributed by atoms with van der Waals surface area (Å²) in [6, 6.07) is 0.626. The number of nitrogens with zero attached hydrogens (tertiary/aromatic N) is 1. The molecule has 1 rings (SSSR count). The molecule has 3 atom stereocenters. The lowest BCUT2D eigenvalue weighted by atomic mass is 9.91. The van der Waals surface area contributed by atoms with Gasteiger partial charge in [-0.05, 0) is 53.1 Å². The molecule has 0 aliphatic carbocycles. The van der Waals surface area contributed by atoms with Crippen LogP contribution in [-0.2, 0) is 4.74 Å². The van der Waals surface area contributed by atoms with E-state index in [0.717, 1.165) is 0 Å². The molecular weight excluding hydrogens is 258 g/mol. The fourth-order valence-corrected chi connectivity index (χ4v) is 3.78. The van der Waals surface area contributed by atoms with Gasteiger partial charge in [-0.2, -0.15) is 0 Å². The lowest BCUT2D eigenvalue weighted by Gasteiger charge is -2.37. The highest BCUT2D eigenvalue weighted by atomic mass is 16.5. The first-order valence-corrected chi connectivity index (χ1v) is 9.40. The van der Waals surface area contributed by atoms with Gasteiger partial charge in [-0.3, -0.25) is 0 Å². The fraction of sp³-hybridized carbons (Fsp3) is 1.00. The number of ether oxygens (including phenoxy) is 1. The molecule has 2 heteroatoms. The highest BCUT2D eigenvalue weighted by Gasteiger charge is 2.33. The Balaban J connectivity index is 2.50. The first-order valence-electron chi connectivity index (χ1n) is 9.40. The van der Waals surface area contributed by atoms with Crippen molar-refractivity contribution in [2.24, 2.45) is 0 Å². The van der Waals surface area contributed by atoms with E-state index in [1.165, 1.54) is 70.8 Å². The molecule has 0 aromatic carbocycles. The summed E-state index contributed by atoms with van der Waals surface area (Å²) in [4.78, 5) is 2.49. The molecule has 1 saturated heterocycles. The minimum absolute atomic E-state index is 0.0899. The third kappa shape index (κ3) is 6.69. The van der Waals surface area contributed by atoms with Gasteiger partial charge in [0.2, 0.25) is 0 Å². The molecule has 0 aromatic heterocycles. The SMILES string of the molecule is CCCCCCC(C)(CCCC)O[C@@H](C)[C@@H]1CCCN1C. The van der Waals surface area contributed by atoms with Gasteiger partial charge < -0.3 is 9.64 Å². The third-order valence-corrected chi connectivity index (χ3v) is 5.21. The Bertz CT molecular complexity index is 268. The van der Waals surface area contributed by atoms with Crippen LogP contribution in [0.3, 0.4) is 0 Å². The Hall–Kier alpha value is -0.0800. The second kappa shape index (κ2) is 9.84. The Kier molecular flexibility index (Phi) is 8.89. The van der Waals surface area contributed by atoms with Crippen molar-refractivity contribution in [1.29, 1.82) is 0 Å². The van der Waals surface area contributed by atoms with E-state index < -0.39 is 0 Å². The molecule has 1 heterocycles. The molecule has 2 nitrogen and oxygen atoms in total. The molecule has 0 bridgehead atoms. The van der Waals surface area contributed by atoms with Gasteiger partial charge in [0.25, 0.3) is 0 Å². The maximum absolute atomic E-state index is 6.63. The van der Waals surface area contributed by atoms with Crippen LogP contribution in [0, 0.1) is 0 Å². The second-order valence-corrected chi connectivity index (χ2v) is 7.38. The van der Waals surface area contributed by atoms with Crippen LogP contribution in [0.1, 0.15) is 91.9 Å². The molecule has 0 amide bonds. The Morgan fingerprint density at radius 1 is 1.10 bits per heavy atom. The van der Waals surface area contributed by atoms with Crippen LogP contribution < -0.4 is 0 Å². The molecule has 1 fully saturated rings. The van der Waals surface area contributed by atoms with Gasteiger partial charge in [-0.1, -0.05) is 52.4 Å². The lowest BCUT2D eigenvalue weighted by Crippen LogP contribution is -2.42. The van der Waals surface area contributed by atoms with E-state index in [0.29, 0.717) is 12.1 Å². The van der Waals surface area contributed by atoms with Crippen molar-refractivity contribution in [2.45, 2.75) is 110 Å². The van der Waals surface area contributed by atoms with Crippen LogP contribution in [0.25, 0.3) is 0 Å². The lowest BCUT2D eigenvalue weighted by molar-refractivity contribution is -0.108.